The van der Waals surface area contributed by atoms with E-state index in [-0.39, 0.29) is 6.42 Å². The first-order chi connectivity index (χ1) is 11.7. The molecule has 4 heteroatoms. The number of anilines is 1. The number of carboxylic acids is 1. The Kier molecular flexibility index (Phi) is 7.94. The van der Waals surface area contributed by atoms with Crippen LogP contribution >= 0.6 is 0 Å². The molecule has 4 nitrogen and oxygen atoms in total. The summed E-state index contributed by atoms with van der Waals surface area (Å²) >= 11 is 0. The fourth-order valence-electron chi connectivity index (χ4n) is 2.70. The van der Waals surface area contributed by atoms with Crippen LogP contribution in [0.1, 0.15) is 49.8 Å². The molecule has 2 aromatic rings. The Labute approximate surface area is 143 Å². The number of unbranched alkanes of at least 4 members (excludes halogenated alkanes) is 3. The molecule has 0 radical (unpaired) electrons. The molecule has 0 spiro atoms. The van der Waals surface area contributed by atoms with Gasteiger partial charge in [0.05, 0.1) is 6.26 Å². The maximum absolute atomic E-state index is 10.5. The highest BCUT2D eigenvalue weighted by Gasteiger charge is 1.99. The fraction of sp³-hybridized carbons (Fsp3) is 0.450. The van der Waals surface area contributed by atoms with Gasteiger partial charge in [-0.25, -0.2) is 0 Å². The zero-order valence-corrected chi connectivity index (χ0v) is 14.2. The van der Waals surface area contributed by atoms with E-state index in [1.54, 1.807) is 6.26 Å². The summed E-state index contributed by atoms with van der Waals surface area (Å²) in [6.45, 7) is 0.985. The lowest BCUT2D eigenvalue weighted by Crippen LogP contribution is -2.01. The Morgan fingerprint density at radius 2 is 1.75 bits per heavy atom. The van der Waals surface area contributed by atoms with Gasteiger partial charge in [-0.3, -0.25) is 4.79 Å². The van der Waals surface area contributed by atoms with Gasteiger partial charge >= 0.3 is 5.97 Å². The van der Waals surface area contributed by atoms with Crippen molar-refractivity contribution in [3.8, 4) is 0 Å². The molecule has 0 aliphatic rings. The maximum Gasteiger partial charge on any atom is 0.303 e. The molecule has 0 aliphatic carbocycles. The molecule has 0 saturated heterocycles. The predicted molar refractivity (Wildman–Crippen MR) is 96.4 cm³/mol. The van der Waals surface area contributed by atoms with Crippen LogP contribution < -0.4 is 5.32 Å². The number of furan rings is 1. The Morgan fingerprint density at radius 1 is 0.958 bits per heavy atom. The van der Waals surface area contributed by atoms with Crippen LogP contribution in [0, 0.1) is 0 Å². The lowest BCUT2D eigenvalue weighted by Gasteiger charge is -2.07. The van der Waals surface area contributed by atoms with Crippen LogP contribution in [0.2, 0.25) is 0 Å². The van der Waals surface area contributed by atoms with Crippen LogP contribution in [-0.4, -0.2) is 17.6 Å². The molecular formula is C20H27NO3. The molecular weight excluding hydrogens is 302 g/mol. The summed E-state index contributed by atoms with van der Waals surface area (Å²) in [5.41, 5.74) is 2.33. The van der Waals surface area contributed by atoms with Crippen molar-refractivity contribution in [2.45, 2.75) is 51.4 Å². The number of carbonyl (C=O) groups is 1. The SMILES string of the molecule is O=C(O)CCCc1ccc(NCCCCCCc2ccco2)cc1. The van der Waals surface area contributed by atoms with Gasteiger partial charge in [0.1, 0.15) is 5.76 Å². The number of carboxylic acid groups (broad SMARTS) is 1. The van der Waals surface area contributed by atoms with Crippen LogP contribution in [0.5, 0.6) is 0 Å². The number of rotatable bonds is 12. The zero-order chi connectivity index (χ0) is 17.0. The molecule has 1 heterocycles. The molecule has 0 atom stereocenters. The van der Waals surface area contributed by atoms with Crippen molar-refractivity contribution in [3.05, 3.63) is 54.0 Å². The average molecular weight is 329 g/mol. The normalized spacial score (nSPS) is 10.7. The van der Waals surface area contributed by atoms with Crippen LogP contribution in [-0.2, 0) is 17.6 Å². The second-order valence-electron chi connectivity index (χ2n) is 6.11. The number of hydrogen-bond donors (Lipinski definition) is 2. The van der Waals surface area contributed by atoms with Crippen molar-refractivity contribution in [2.75, 3.05) is 11.9 Å². The highest BCUT2D eigenvalue weighted by atomic mass is 16.4. The van der Waals surface area contributed by atoms with E-state index >= 15 is 0 Å². The number of aryl methyl sites for hydroxylation is 2. The minimum atomic E-state index is -0.725. The van der Waals surface area contributed by atoms with Gasteiger partial charge in [-0.15, -0.1) is 0 Å². The van der Waals surface area contributed by atoms with Crippen molar-refractivity contribution in [1.82, 2.24) is 0 Å². The topological polar surface area (TPSA) is 62.5 Å². The fourth-order valence-corrected chi connectivity index (χ4v) is 2.70. The molecule has 2 N–H and O–H groups in total. The van der Waals surface area contributed by atoms with Crippen LogP contribution in [0.3, 0.4) is 0 Å². The minimum Gasteiger partial charge on any atom is -0.481 e. The summed E-state index contributed by atoms with van der Waals surface area (Å²) in [5.74, 6) is 0.356. The van der Waals surface area contributed by atoms with E-state index in [0.29, 0.717) is 6.42 Å². The Morgan fingerprint density at radius 3 is 2.46 bits per heavy atom. The van der Waals surface area contributed by atoms with E-state index in [1.807, 2.05) is 12.1 Å². The monoisotopic (exact) mass is 329 g/mol. The third-order valence-electron chi connectivity index (χ3n) is 4.07. The molecule has 2 rings (SSSR count). The molecule has 0 unspecified atom stereocenters. The smallest absolute Gasteiger partial charge is 0.303 e. The van der Waals surface area contributed by atoms with E-state index < -0.39 is 5.97 Å². The molecule has 1 aromatic heterocycles. The van der Waals surface area contributed by atoms with Crippen molar-refractivity contribution < 1.29 is 14.3 Å². The van der Waals surface area contributed by atoms with E-state index in [0.717, 1.165) is 30.8 Å². The molecule has 24 heavy (non-hydrogen) atoms. The Hall–Kier alpha value is -2.23. The van der Waals surface area contributed by atoms with Crippen molar-refractivity contribution in [1.29, 1.82) is 0 Å². The standard InChI is InChI=1S/C20H27NO3/c22-20(23)10-5-7-17-11-13-18(14-12-17)21-15-4-2-1-3-8-19-9-6-16-24-19/h6,9,11-14,16,21H,1-5,7-8,10,15H2,(H,22,23). The summed E-state index contributed by atoms with van der Waals surface area (Å²) < 4.78 is 5.32. The van der Waals surface area contributed by atoms with E-state index in [9.17, 15) is 4.79 Å². The van der Waals surface area contributed by atoms with Gasteiger partial charge in [0.15, 0.2) is 0 Å². The van der Waals surface area contributed by atoms with Gasteiger partial charge < -0.3 is 14.8 Å². The van der Waals surface area contributed by atoms with Crippen LogP contribution in [0.4, 0.5) is 5.69 Å². The number of nitrogens with one attached hydrogen (secondary N) is 1. The number of benzene rings is 1. The Balaban J connectivity index is 1.51. The second kappa shape index (κ2) is 10.5. The highest BCUT2D eigenvalue weighted by molar-refractivity contribution is 5.66. The van der Waals surface area contributed by atoms with Crippen LogP contribution in [0.15, 0.2) is 47.1 Å². The number of aliphatic carboxylic acids is 1. The first-order valence-corrected chi connectivity index (χ1v) is 8.81. The third kappa shape index (κ3) is 7.36. The van der Waals surface area contributed by atoms with E-state index in [2.05, 4.69) is 29.6 Å². The second-order valence-corrected chi connectivity index (χ2v) is 6.11. The molecule has 0 fully saturated rings. The molecule has 130 valence electrons. The van der Waals surface area contributed by atoms with Gasteiger partial charge in [0.25, 0.3) is 0 Å². The lowest BCUT2D eigenvalue weighted by atomic mass is 10.1. The van der Waals surface area contributed by atoms with Gasteiger partial charge in [-0.1, -0.05) is 25.0 Å². The van der Waals surface area contributed by atoms with Gasteiger partial charge in [-0.2, -0.15) is 0 Å². The van der Waals surface area contributed by atoms with Crippen molar-refractivity contribution >= 4 is 11.7 Å². The van der Waals surface area contributed by atoms with Gasteiger partial charge in [-0.05, 0) is 55.5 Å². The largest absolute Gasteiger partial charge is 0.481 e. The molecule has 1 aromatic carbocycles. The summed E-state index contributed by atoms with van der Waals surface area (Å²) in [5, 5.41) is 12.1. The van der Waals surface area contributed by atoms with E-state index in [1.165, 1.54) is 31.2 Å². The third-order valence-corrected chi connectivity index (χ3v) is 4.07. The highest BCUT2D eigenvalue weighted by Crippen LogP contribution is 2.13. The first kappa shape index (κ1) is 18.1. The quantitative estimate of drug-likeness (QED) is 0.544. The minimum absolute atomic E-state index is 0.236. The predicted octanol–water partition coefficient (Wildman–Crippen LogP) is 4.90. The van der Waals surface area contributed by atoms with E-state index in [4.69, 9.17) is 9.52 Å². The molecule has 0 bridgehead atoms. The summed E-state index contributed by atoms with van der Waals surface area (Å²) in [6.07, 6.45) is 9.31. The molecule has 0 aliphatic heterocycles. The zero-order valence-electron chi connectivity index (χ0n) is 14.2. The summed E-state index contributed by atoms with van der Waals surface area (Å²) in [4.78, 5) is 10.5. The maximum atomic E-state index is 10.5. The van der Waals surface area contributed by atoms with Gasteiger partial charge in [0.2, 0.25) is 0 Å². The Bertz CT molecular complexity index is 575. The van der Waals surface area contributed by atoms with Gasteiger partial charge in [0, 0.05) is 25.1 Å². The number of hydrogen-bond acceptors (Lipinski definition) is 3. The van der Waals surface area contributed by atoms with Crippen LogP contribution in [0.25, 0.3) is 0 Å². The molecule has 0 saturated carbocycles. The van der Waals surface area contributed by atoms with Crippen molar-refractivity contribution in [2.24, 2.45) is 0 Å². The summed E-state index contributed by atoms with van der Waals surface area (Å²) in [7, 11) is 0. The molecule has 0 amide bonds. The summed E-state index contributed by atoms with van der Waals surface area (Å²) in [6, 6.07) is 12.3. The van der Waals surface area contributed by atoms with Crippen molar-refractivity contribution in [3.63, 3.8) is 0 Å². The first-order valence-electron chi connectivity index (χ1n) is 8.81. The average Bonchev–Trinajstić information content (AvgIpc) is 3.08. The lowest BCUT2D eigenvalue weighted by molar-refractivity contribution is -0.137.